The lowest BCUT2D eigenvalue weighted by atomic mass is 10.1. The average molecular weight is 423 g/mol. The van der Waals surface area contributed by atoms with Crippen LogP contribution in [0.4, 0.5) is 4.39 Å². The Morgan fingerprint density at radius 1 is 1.23 bits per heavy atom. The molecule has 3 aromatic rings. The minimum Gasteiger partial charge on any atom is -0.465 e. The Hall–Kier alpha value is -3.26. The van der Waals surface area contributed by atoms with Crippen molar-refractivity contribution < 1.29 is 13.6 Å². The number of carbonyl (C=O) groups is 1. The number of nitrogens with one attached hydrogen (secondary N) is 1. The molecule has 0 atom stereocenters. The fourth-order valence-corrected chi connectivity index (χ4v) is 3.80. The third kappa shape index (κ3) is 5.67. The number of carbonyl (C=O) groups excluding carboxylic acids is 1. The summed E-state index contributed by atoms with van der Waals surface area (Å²) in [5.41, 5.74) is 1.88. The third-order valence-electron chi connectivity index (χ3n) is 5.30. The molecule has 0 unspecified atom stereocenters. The molecule has 8 heteroatoms. The van der Waals surface area contributed by atoms with Gasteiger partial charge in [0.2, 0.25) is 5.91 Å². The average Bonchev–Trinajstić information content (AvgIpc) is 3.33. The van der Waals surface area contributed by atoms with Crippen LogP contribution in [0, 0.1) is 5.82 Å². The smallest absolute Gasteiger partial charge is 0.224 e. The van der Waals surface area contributed by atoms with Crippen molar-refractivity contribution in [2.45, 2.75) is 32.9 Å². The van der Waals surface area contributed by atoms with Gasteiger partial charge in [-0.25, -0.2) is 4.39 Å². The zero-order chi connectivity index (χ0) is 21.6. The van der Waals surface area contributed by atoms with Crippen LogP contribution in [0.1, 0.15) is 29.9 Å². The summed E-state index contributed by atoms with van der Waals surface area (Å²) in [6, 6.07) is 9.91. The molecule has 4 rings (SSSR count). The number of hydrogen-bond donors (Lipinski definition) is 1. The van der Waals surface area contributed by atoms with Crippen LogP contribution in [-0.4, -0.2) is 45.2 Å². The Morgan fingerprint density at radius 2 is 2.13 bits per heavy atom. The van der Waals surface area contributed by atoms with Crippen LogP contribution in [-0.2, 0) is 30.7 Å². The molecule has 162 valence electrons. The number of benzene rings is 1. The maximum absolute atomic E-state index is 13.3. The predicted molar refractivity (Wildman–Crippen MR) is 114 cm³/mol. The van der Waals surface area contributed by atoms with Crippen molar-refractivity contribution in [2.75, 3.05) is 19.6 Å². The fourth-order valence-electron chi connectivity index (χ4n) is 3.80. The molecular weight excluding hydrogens is 397 g/mol. The van der Waals surface area contributed by atoms with Crippen molar-refractivity contribution in [1.82, 2.24) is 25.0 Å². The molecule has 0 fully saturated rings. The third-order valence-corrected chi connectivity index (χ3v) is 5.30. The number of aromatic nitrogens is 3. The summed E-state index contributed by atoms with van der Waals surface area (Å²) in [6.07, 6.45) is 4.67. The van der Waals surface area contributed by atoms with Crippen LogP contribution in [0.15, 0.2) is 52.7 Å². The number of halogens is 1. The van der Waals surface area contributed by atoms with Crippen molar-refractivity contribution in [2.24, 2.45) is 0 Å². The van der Waals surface area contributed by atoms with Gasteiger partial charge >= 0.3 is 0 Å². The van der Waals surface area contributed by atoms with Crippen LogP contribution in [0.5, 0.6) is 0 Å². The van der Waals surface area contributed by atoms with E-state index in [0.29, 0.717) is 12.1 Å². The Kier molecular flexibility index (Phi) is 6.57. The molecule has 1 N–H and O–H groups in total. The predicted octanol–water partition coefficient (Wildman–Crippen LogP) is 2.83. The van der Waals surface area contributed by atoms with Crippen molar-refractivity contribution >= 4 is 12.0 Å². The minimum absolute atomic E-state index is 0.133. The standard InChI is InChI=1S/C23H26FN5O2/c1-17(12-20-6-3-11-31-20)16-28-8-7-21-26-27-22(29(21)10-9-28)15-25-23(30)14-18-4-2-5-19(24)13-18/h2-6,11-13H,7-10,14-16H2,1H3,(H,25,30)/b17-12+. The molecule has 0 saturated carbocycles. The topological polar surface area (TPSA) is 76.2 Å². The maximum atomic E-state index is 13.3. The van der Waals surface area contributed by atoms with Gasteiger partial charge in [-0.05, 0) is 42.8 Å². The van der Waals surface area contributed by atoms with Crippen molar-refractivity contribution in [3.8, 4) is 0 Å². The van der Waals surface area contributed by atoms with Gasteiger partial charge in [0.1, 0.15) is 17.4 Å². The lowest BCUT2D eigenvalue weighted by Crippen LogP contribution is -2.29. The number of rotatable bonds is 7. The summed E-state index contributed by atoms with van der Waals surface area (Å²) >= 11 is 0. The van der Waals surface area contributed by atoms with Gasteiger partial charge in [-0.2, -0.15) is 0 Å². The second kappa shape index (κ2) is 9.70. The highest BCUT2D eigenvalue weighted by atomic mass is 19.1. The first-order chi connectivity index (χ1) is 15.1. The SMILES string of the molecule is C/C(=C\c1ccco1)CN1CCc2nnc(CNC(=O)Cc3cccc(F)c3)n2CC1. The molecule has 2 aromatic heterocycles. The summed E-state index contributed by atoms with van der Waals surface area (Å²) in [4.78, 5) is 14.6. The van der Waals surface area contributed by atoms with E-state index in [9.17, 15) is 9.18 Å². The molecular formula is C23H26FN5O2. The quantitative estimate of drug-likeness (QED) is 0.633. The molecule has 0 aliphatic carbocycles. The van der Waals surface area contributed by atoms with Gasteiger partial charge < -0.3 is 14.3 Å². The Labute approximate surface area is 180 Å². The summed E-state index contributed by atoms with van der Waals surface area (Å²) in [5, 5.41) is 11.5. The molecule has 1 aromatic carbocycles. The van der Waals surface area contributed by atoms with Crippen molar-refractivity contribution in [3.63, 3.8) is 0 Å². The molecule has 0 saturated heterocycles. The molecule has 0 bridgehead atoms. The van der Waals surface area contributed by atoms with Crippen LogP contribution < -0.4 is 5.32 Å². The Balaban J connectivity index is 1.31. The van der Waals surface area contributed by atoms with E-state index in [4.69, 9.17) is 4.42 Å². The summed E-state index contributed by atoms with van der Waals surface area (Å²) < 4.78 is 20.8. The molecule has 7 nitrogen and oxygen atoms in total. The first kappa shape index (κ1) is 21.0. The summed E-state index contributed by atoms with van der Waals surface area (Å²) in [5.74, 6) is 2.03. The number of hydrogen-bond acceptors (Lipinski definition) is 5. The first-order valence-electron chi connectivity index (χ1n) is 10.4. The van der Waals surface area contributed by atoms with E-state index in [1.165, 1.54) is 17.7 Å². The molecule has 0 radical (unpaired) electrons. The van der Waals surface area contributed by atoms with Crippen LogP contribution in [0.25, 0.3) is 6.08 Å². The van der Waals surface area contributed by atoms with E-state index in [0.717, 1.165) is 50.0 Å². The van der Waals surface area contributed by atoms with Crippen LogP contribution in [0.3, 0.4) is 0 Å². The van der Waals surface area contributed by atoms with Crippen molar-refractivity contribution in [3.05, 3.63) is 77.0 Å². The van der Waals surface area contributed by atoms with E-state index in [1.807, 2.05) is 12.1 Å². The van der Waals surface area contributed by atoms with Gasteiger partial charge in [0.15, 0.2) is 5.82 Å². The first-order valence-corrected chi connectivity index (χ1v) is 10.4. The highest BCUT2D eigenvalue weighted by Crippen LogP contribution is 2.13. The Bertz CT molecular complexity index is 1060. The molecule has 1 aliphatic heterocycles. The second-order valence-corrected chi connectivity index (χ2v) is 7.80. The number of furan rings is 1. The van der Waals surface area contributed by atoms with Gasteiger partial charge in [0, 0.05) is 32.6 Å². The maximum Gasteiger partial charge on any atom is 0.224 e. The summed E-state index contributed by atoms with van der Waals surface area (Å²) in [7, 11) is 0. The lowest BCUT2D eigenvalue weighted by Gasteiger charge is -2.19. The molecule has 0 spiro atoms. The zero-order valence-electron chi connectivity index (χ0n) is 17.6. The zero-order valence-corrected chi connectivity index (χ0v) is 17.6. The van der Waals surface area contributed by atoms with Crippen molar-refractivity contribution in [1.29, 1.82) is 0 Å². The van der Waals surface area contributed by atoms with Gasteiger partial charge in [0.25, 0.3) is 0 Å². The van der Waals surface area contributed by atoms with Gasteiger partial charge in [0.05, 0.1) is 19.2 Å². The Morgan fingerprint density at radius 3 is 2.94 bits per heavy atom. The summed E-state index contributed by atoms with van der Waals surface area (Å²) in [6.45, 7) is 5.81. The van der Waals surface area contributed by atoms with Crippen LogP contribution >= 0.6 is 0 Å². The molecule has 1 aliphatic rings. The monoisotopic (exact) mass is 423 g/mol. The number of amides is 1. The van der Waals surface area contributed by atoms with Gasteiger partial charge in [-0.15, -0.1) is 10.2 Å². The number of nitrogens with zero attached hydrogens (tertiary/aromatic N) is 4. The number of fused-ring (bicyclic) bond motifs is 1. The van der Waals surface area contributed by atoms with Crippen LogP contribution in [0.2, 0.25) is 0 Å². The normalized spacial score (nSPS) is 14.8. The van der Waals surface area contributed by atoms with Gasteiger partial charge in [-0.1, -0.05) is 17.7 Å². The molecule has 1 amide bonds. The van der Waals surface area contributed by atoms with E-state index in [2.05, 4.69) is 38.0 Å². The minimum atomic E-state index is -0.341. The fraction of sp³-hybridized carbons (Fsp3) is 0.348. The molecule has 3 heterocycles. The van der Waals surface area contributed by atoms with E-state index >= 15 is 0 Å². The van der Waals surface area contributed by atoms with E-state index in [-0.39, 0.29) is 18.1 Å². The van der Waals surface area contributed by atoms with E-state index in [1.54, 1.807) is 18.4 Å². The van der Waals surface area contributed by atoms with Gasteiger partial charge in [-0.3, -0.25) is 9.69 Å². The highest BCUT2D eigenvalue weighted by molar-refractivity contribution is 5.78. The second-order valence-electron chi connectivity index (χ2n) is 7.80. The largest absolute Gasteiger partial charge is 0.465 e. The highest BCUT2D eigenvalue weighted by Gasteiger charge is 2.19. The lowest BCUT2D eigenvalue weighted by molar-refractivity contribution is -0.120. The van der Waals surface area contributed by atoms with E-state index < -0.39 is 0 Å². The molecule has 31 heavy (non-hydrogen) atoms.